The molecule has 5 N–H and O–H groups in total. The Kier molecular flexibility index (Phi) is 17.0. The molecule has 3 amide bonds. The van der Waals surface area contributed by atoms with Crippen LogP contribution in [0.2, 0.25) is 0 Å². The maximum absolute atomic E-state index is 13.9. The second-order valence-corrected chi connectivity index (χ2v) is 15.8. The van der Waals surface area contributed by atoms with E-state index >= 15 is 0 Å². The summed E-state index contributed by atoms with van der Waals surface area (Å²) in [5.41, 5.74) is 1.81. The fourth-order valence-corrected chi connectivity index (χ4v) is 7.93. The molecule has 0 spiro atoms. The SMILES string of the molecule is COc1ccc(-c2cnccc2C(=O)NCC(=O)N2CC(F)(F)C[C@H]2C#N)cc1NC1CCN(C(=O)CN2CCN(CC(=O)O)CCN(CC(=O)O)CCN(CC(=O)O)CC2)CC1. The zero-order chi connectivity index (χ0) is 45.7. The highest BCUT2D eigenvalue weighted by Crippen LogP contribution is 2.34. The van der Waals surface area contributed by atoms with Crippen LogP contribution in [0, 0.1) is 11.3 Å². The number of likely N-dealkylation sites (tertiary alicyclic amines) is 2. The van der Waals surface area contributed by atoms with E-state index in [0.717, 1.165) is 4.90 Å². The molecule has 342 valence electrons. The lowest BCUT2D eigenvalue weighted by molar-refractivity contribution is -0.140. The summed E-state index contributed by atoms with van der Waals surface area (Å²) in [5, 5.41) is 43.7. The third kappa shape index (κ3) is 14.3. The van der Waals surface area contributed by atoms with Crippen molar-refractivity contribution in [3.63, 3.8) is 0 Å². The Labute approximate surface area is 362 Å². The van der Waals surface area contributed by atoms with Crippen molar-refractivity contribution in [1.29, 1.82) is 5.26 Å². The molecule has 63 heavy (non-hydrogen) atoms. The molecule has 22 heteroatoms. The van der Waals surface area contributed by atoms with Crippen molar-refractivity contribution in [2.45, 2.75) is 37.3 Å². The Morgan fingerprint density at radius 3 is 1.86 bits per heavy atom. The van der Waals surface area contributed by atoms with Crippen molar-refractivity contribution in [2.75, 3.05) is 117 Å². The number of rotatable bonds is 15. The van der Waals surface area contributed by atoms with Crippen LogP contribution < -0.4 is 15.4 Å². The molecule has 20 nitrogen and oxygen atoms in total. The number of hydrogen-bond donors (Lipinski definition) is 5. The fraction of sp³-hybridized carbons (Fsp3) is 0.561. The van der Waals surface area contributed by atoms with Crippen LogP contribution in [0.5, 0.6) is 5.75 Å². The number of nitrogens with one attached hydrogen (secondary N) is 2. The molecule has 0 radical (unpaired) electrons. The predicted octanol–water partition coefficient (Wildman–Crippen LogP) is 0.125. The van der Waals surface area contributed by atoms with Gasteiger partial charge in [0.1, 0.15) is 11.8 Å². The average molecular weight is 885 g/mol. The highest BCUT2D eigenvalue weighted by Gasteiger charge is 2.47. The van der Waals surface area contributed by atoms with Gasteiger partial charge in [-0.25, -0.2) is 8.78 Å². The van der Waals surface area contributed by atoms with E-state index in [0.29, 0.717) is 74.7 Å². The minimum absolute atomic E-state index is 0.0324. The summed E-state index contributed by atoms with van der Waals surface area (Å²) in [7, 11) is 1.52. The second-order valence-electron chi connectivity index (χ2n) is 15.8. The van der Waals surface area contributed by atoms with E-state index in [9.17, 15) is 58.1 Å². The molecule has 0 unspecified atom stereocenters. The van der Waals surface area contributed by atoms with Gasteiger partial charge in [0, 0.05) is 95.9 Å². The van der Waals surface area contributed by atoms with Crippen molar-refractivity contribution >= 4 is 41.3 Å². The number of benzene rings is 1. The first-order valence-corrected chi connectivity index (χ1v) is 20.6. The quantitative estimate of drug-likeness (QED) is 0.159. The number of carbonyl (C=O) groups is 6. The molecule has 5 rings (SSSR count). The highest BCUT2D eigenvalue weighted by molar-refractivity contribution is 6.02. The van der Waals surface area contributed by atoms with E-state index in [1.165, 1.54) is 25.6 Å². The first-order chi connectivity index (χ1) is 30.0. The Morgan fingerprint density at radius 1 is 0.810 bits per heavy atom. The minimum atomic E-state index is -3.19. The van der Waals surface area contributed by atoms with Crippen LogP contribution in [0.25, 0.3) is 11.1 Å². The minimum Gasteiger partial charge on any atom is -0.495 e. The summed E-state index contributed by atoms with van der Waals surface area (Å²) in [4.78, 5) is 88.3. The maximum Gasteiger partial charge on any atom is 0.317 e. The average Bonchev–Trinajstić information content (AvgIpc) is 3.57. The molecular weight excluding hydrogens is 831 g/mol. The number of aliphatic carboxylic acids is 3. The summed E-state index contributed by atoms with van der Waals surface area (Å²) < 4.78 is 33.5. The smallest absolute Gasteiger partial charge is 0.317 e. The number of alkyl halides is 2. The molecule has 4 heterocycles. The maximum atomic E-state index is 13.9. The molecule has 1 aromatic heterocycles. The molecule has 3 saturated heterocycles. The summed E-state index contributed by atoms with van der Waals surface area (Å²) in [6, 6.07) is 7.07. The number of nitriles is 1. The van der Waals surface area contributed by atoms with Gasteiger partial charge in [-0.05, 0) is 36.6 Å². The normalized spacial score (nSPS) is 19.9. The number of halogens is 2. The monoisotopic (exact) mass is 884 g/mol. The van der Waals surface area contributed by atoms with Crippen molar-refractivity contribution in [3.05, 3.63) is 42.2 Å². The zero-order valence-electron chi connectivity index (χ0n) is 35.1. The Bertz CT molecular complexity index is 1980. The molecule has 3 aliphatic rings. The lowest BCUT2D eigenvalue weighted by Gasteiger charge is -2.36. The summed E-state index contributed by atoms with van der Waals surface area (Å²) in [5.74, 6) is -7.36. The molecule has 0 aliphatic carbocycles. The van der Waals surface area contributed by atoms with Crippen LogP contribution in [0.15, 0.2) is 36.7 Å². The zero-order valence-corrected chi connectivity index (χ0v) is 35.1. The molecule has 3 aliphatic heterocycles. The third-order valence-electron chi connectivity index (χ3n) is 11.3. The third-order valence-corrected chi connectivity index (χ3v) is 11.3. The van der Waals surface area contributed by atoms with Gasteiger partial charge < -0.3 is 40.5 Å². The largest absolute Gasteiger partial charge is 0.495 e. The Hall–Kier alpha value is -6.02. The van der Waals surface area contributed by atoms with Crippen molar-refractivity contribution in [2.24, 2.45) is 0 Å². The number of carbonyl (C=O) groups excluding carboxylic acids is 3. The molecule has 1 aromatic carbocycles. The van der Waals surface area contributed by atoms with Crippen LogP contribution in [-0.2, 0) is 24.0 Å². The van der Waals surface area contributed by atoms with Gasteiger partial charge in [0.05, 0.1) is 63.7 Å². The van der Waals surface area contributed by atoms with E-state index in [2.05, 4.69) is 15.6 Å². The number of pyridine rings is 1. The van der Waals surface area contributed by atoms with Gasteiger partial charge in [-0.1, -0.05) is 6.07 Å². The number of piperidine rings is 1. The Balaban J connectivity index is 1.20. The lowest BCUT2D eigenvalue weighted by atomic mass is 9.99. The Morgan fingerprint density at radius 2 is 1.35 bits per heavy atom. The van der Waals surface area contributed by atoms with E-state index < -0.39 is 61.2 Å². The van der Waals surface area contributed by atoms with Gasteiger partial charge in [-0.2, -0.15) is 5.26 Å². The van der Waals surface area contributed by atoms with Crippen LogP contribution in [-0.4, -0.2) is 215 Å². The number of hydrogen-bond acceptors (Lipinski definition) is 14. The lowest BCUT2D eigenvalue weighted by Crippen LogP contribution is -2.51. The number of aromatic nitrogens is 1. The van der Waals surface area contributed by atoms with Gasteiger partial charge in [0.2, 0.25) is 11.8 Å². The predicted molar refractivity (Wildman–Crippen MR) is 221 cm³/mol. The van der Waals surface area contributed by atoms with Crippen LogP contribution in [0.3, 0.4) is 0 Å². The van der Waals surface area contributed by atoms with Gasteiger partial charge in [0.25, 0.3) is 11.8 Å². The summed E-state index contributed by atoms with van der Waals surface area (Å²) in [6.07, 6.45) is 3.29. The number of anilines is 1. The number of carboxylic acid groups (broad SMARTS) is 3. The molecule has 0 saturated carbocycles. The summed E-state index contributed by atoms with van der Waals surface area (Å²) >= 11 is 0. The molecule has 1 atom stereocenters. The van der Waals surface area contributed by atoms with E-state index in [1.54, 1.807) is 43.9 Å². The van der Waals surface area contributed by atoms with Crippen LogP contribution in [0.1, 0.15) is 29.6 Å². The highest BCUT2D eigenvalue weighted by atomic mass is 19.3. The number of carboxylic acids is 3. The van der Waals surface area contributed by atoms with Gasteiger partial charge in [0.15, 0.2) is 0 Å². The van der Waals surface area contributed by atoms with Crippen LogP contribution >= 0.6 is 0 Å². The van der Waals surface area contributed by atoms with Crippen molar-refractivity contribution < 1.29 is 57.6 Å². The van der Waals surface area contributed by atoms with Crippen molar-refractivity contribution in [3.8, 4) is 22.9 Å². The number of amides is 3. The van der Waals surface area contributed by atoms with E-state index in [4.69, 9.17) is 4.74 Å². The molecule has 2 aromatic rings. The van der Waals surface area contributed by atoms with E-state index in [1.807, 2.05) is 4.90 Å². The van der Waals surface area contributed by atoms with E-state index in [-0.39, 0.29) is 69.9 Å². The first kappa shape index (κ1) is 48.0. The molecule has 0 bridgehead atoms. The van der Waals surface area contributed by atoms with Gasteiger partial charge >= 0.3 is 17.9 Å². The molecular formula is C41H54F2N10O10. The van der Waals surface area contributed by atoms with Gasteiger partial charge in [-0.15, -0.1) is 0 Å². The summed E-state index contributed by atoms with van der Waals surface area (Å²) in [6.45, 7) is 0.931. The second kappa shape index (κ2) is 22.4. The van der Waals surface area contributed by atoms with Crippen LogP contribution in [0.4, 0.5) is 14.5 Å². The molecule has 3 fully saturated rings. The first-order valence-electron chi connectivity index (χ1n) is 20.6. The van der Waals surface area contributed by atoms with Gasteiger partial charge in [-0.3, -0.25) is 53.4 Å². The number of methoxy groups -OCH3 is 1. The fourth-order valence-electron chi connectivity index (χ4n) is 7.93. The number of ether oxygens (including phenoxy) is 1. The number of nitrogens with zero attached hydrogens (tertiary/aromatic N) is 8. The van der Waals surface area contributed by atoms with Crippen molar-refractivity contribution in [1.82, 2.24) is 39.7 Å². The standard InChI is InChI=1S/C41H54F2N10O10/c1-63-34-3-2-28(32-21-45-7-4-31(32)40(62)46-22-35(54)53-27-41(42,43)19-30(53)20-44)18-33(34)47-29-5-8-52(9-6-29)36(55)23-48-10-12-49(24-37(56)57)14-16-51(26-39(60)61)17-15-50(13-11-48)25-38(58)59/h2-4,7,18,21,29-30,47H,5-6,8-17,19,22-27H2,1H3,(H,46,62)(H,56,57)(H,58,59)(H,60,61)/t30-/m0/s1. The topological polar surface area (TPSA) is 253 Å².